The number of carbonyl (C=O) groups is 4. The number of anilines is 1. The number of Topliss-reactive ketones (excluding diaryl/α,β-unsaturated/α-hetero) is 2. The molecular weight excluding hydrogens is 430 g/mol. The number of ketones is 2. The van der Waals surface area contributed by atoms with E-state index in [9.17, 15) is 19.2 Å². The summed E-state index contributed by atoms with van der Waals surface area (Å²) in [6.45, 7) is 2.66. The lowest BCUT2D eigenvalue weighted by molar-refractivity contribution is -0.133. The van der Waals surface area contributed by atoms with Crippen molar-refractivity contribution < 1.29 is 19.2 Å². The van der Waals surface area contributed by atoms with Gasteiger partial charge >= 0.3 is 0 Å². The Balaban J connectivity index is 1.33. The van der Waals surface area contributed by atoms with E-state index in [-0.39, 0.29) is 42.9 Å². The fourth-order valence-electron chi connectivity index (χ4n) is 4.07. The van der Waals surface area contributed by atoms with Crippen LogP contribution in [0.15, 0.2) is 36.4 Å². The number of halogens is 1. The van der Waals surface area contributed by atoms with Gasteiger partial charge in [-0.2, -0.15) is 0 Å². The summed E-state index contributed by atoms with van der Waals surface area (Å²) >= 11 is 6.10. The predicted molar refractivity (Wildman–Crippen MR) is 120 cm³/mol. The summed E-state index contributed by atoms with van der Waals surface area (Å²) in [6.07, 6.45) is 0.626. The number of amides is 2. The Labute approximate surface area is 191 Å². The average Bonchev–Trinajstić information content (AvgIpc) is 3.09. The van der Waals surface area contributed by atoms with Crippen LogP contribution in [0.25, 0.3) is 0 Å². The number of nitrogens with one attached hydrogen (secondary N) is 2. The lowest BCUT2D eigenvalue weighted by Crippen LogP contribution is -2.44. The quantitative estimate of drug-likeness (QED) is 0.655. The minimum Gasteiger partial charge on any atom is -0.376 e. The topological polar surface area (TPSA) is 95.6 Å². The van der Waals surface area contributed by atoms with Crippen LogP contribution in [0, 0.1) is 6.92 Å². The molecule has 2 aliphatic rings. The summed E-state index contributed by atoms with van der Waals surface area (Å²) in [7, 11) is 0. The number of rotatable bonds is 6. The van der Waals surface area contributed by atoms with Gasteiger partial charge in [-0.05, 0) is 48.2 Å². The molecule has 166 valence electrons. The molecule has 32 heavy (non-hydrogen) atoms. The molecule has 1 aliphatic carbocycles. The summed E-state index contributed by atoms with van der Waals surface area (Å²) in [4.78, 5) is 50.4. The molecule has 1 fully saturated rings. The lowest BCUT2D eigenvalue weighted by atomic mass is 9.92. The van der Waals surface area contributed by atoms with Crippen molar-refractivity contribution in [1.82, 2.24) is 10.2 Å². The Morgan fingerprint density at radius 3 is 2.72 bits per heavy atom. The number of benzene rings is 2. The fraction of sp³-hybridized carbons (Fsp3) is 0.333. The van der Waals surface area contributed by atoms with Crippen LogP contribution in [0.1, 0.15) is 46.3 Å². The third-order valence-electron chi connectivity index (χ3n) is 5.94. The summed E-state index contributed by atoms with van der Waals surface area (Å²) in [6, 6.07) is 10.5. The first-order chi connectivity index (χ1) is 15.3. The molecule has 4 rings (SSSR count). The number of fused-ring (bicyclic) bond motifs is 1. The number of hydrogen-bond acceptors (Lipinski definition) is 5. The first kappa shape index (κ1) is 22.0. The molecular formula is C24H24ClN3O4. The summed E-state index contributed by atoms with van der Waals surface area (Å²) in [5.41, 5.74) is 3.93. The normalized spacial score (nSPS) is 18.0. The van der Waals surface area contributed by atoms with E-state index in [2.05, 4.69) is 10.6 Å². The maximum Gasteiger partial charge on any atom is 0.255 e. The van der Waals surface area contributed by atoms with E-state index in [0.29, 0.717) is 30.0 Å². The van der Waals surface area contributed by atoms with Gasteiger partial charge in [0.15, 0.2) is 5.78 Å². The standard InChI is InChI=1S/C24H24ClN3O4/c1-14-2-5-17(9-20(14)25)26-12-23(31)27-11-15-3-4-16-13-28(24(32)19(16)8-15)21-7-6-18(29)10-22(21)30/h2-5,8-9,21,26H,6-7,10-13H2,1H3,(H,27,31). The van der Waals surface area contributed by atoms with Crippen LogP contribution in [-0.4, -0.2) is 40.9 Å². The fourth-order valence-corrected chi connectivity index (χ4v) is 4.25. The van der Waals surface area contributed by atoms with Crippen molar-refractivity contribution >= 4 is 40.7 Å². The Bertz CT molecular complexity index is 1110. The zero-order valence-electron chi connectivity index (χ0n) is 17.7. The van der Waals surface area contributed by atoms with Crippen molar-refractivity contribution in [3.8, 4) is 0 Å². The molecule has 2 aromatic carbocycles. The van der Waals surface area contributed by atoms with Gasteiger partial charge in [-0.25, -0.2) is 0 Å². The molecule has 2 aromatic rings. The molecule has 0 aromatic heterocycles. The number of aryl methyl sites for hydroxylation is 1. The molecule has 0 saturated heterocycles. The summed E-state index contributed by atoms with van der Waals surface area (Å²) < 4.78 is 0. The van der Waals surface area contributed by atoms with Gasteiger partial charge in [-0.1, -0.05) is 29.8 Å². The largest absolute Gasteiger partial charge is 0.376 e. The van der Waals surface area contributed by atoms with Crippen LogP contribution in [0.3, 0.4) is 0 Å². The third-order valence-corrected chi connectivity index (χ3v) is 6.34. The second-order valence-corrected chi connectivity index (χ2v) is 8.66. The van der Waals surface area contributed by atoms with Gasteiger partial charge in [0, 0.05) is 35.8 Å². The highest BCUT2D eigenvalue weighted by atomic mass is 35.5. The van der Waals surface area contributed by atoms with E-state index < -0.39 is 6.04 Å². The second kappa shape index (κ2) is 9.12. The molecule has 7 nitrogen and oxygen atoms in total. The number of carbonyl (C=O) groups excluding carboxylic acids is 4. The Morgan fingerprint density at radius 1 is 1.16 bits per heavy atom. The van der Waals surface area contributed by atoms with E-state index in [1.807, 2.05) is 31.2 Å². The van der Waals surface area contributed by atoms with Gasteiger partial charge in [0.1, 0.15) is 5.78 Å². The molecule has 0 bridgehead atoms. The van der Waals surface area contributed by atoms with Gasteiger partial charge < -0.3 is 15.5 Å². The number of hydrogen-bond donors (Lipinski definition) is 2. The zero-order chi connectivity index (χ0) is 22.8. The minimum absolute atomic E-state index is 0.0617. The first-order valence-corrected chi connectivity index (χ1v) is 10.9. The molecule has 0 radical (unpaired) electrons. The van der Waals surface area contributed by atoms with Crippen molar-refractivity contribution in [1.29, 1.82) is 0 Å². The monoisotopic (exact) mass is 453 g/mol. The molecule has 1 atom stereocenters. The minimum atomic E-state index is -0.530. The highest BCUT2D eigenvalue weighted by Crippen LogP contribution is 2.29. The molecule has 1 heterocycles. The summed E-state index contributed by atoms with van der Waals surface area (Å²) in [5.74, 6) is -0.628. The maximum atomic E-state index is 12.9. The van der Waals surface area contributed by atoms with Crippen molar-refractivity contribution in [3.63, 3.8) is 0 Å². The molecule has 8 heteroatoms. The van der Waals surface area contributed by atoms with Gasteiger partial charge in [-0.3, -0.25) is 19.2 Å². The molecule has 1 unspecified atom stereocenters. The predicted octanol–water partition coefficient (Wildman–Crippen LogP) is 3.02. The van der Waals surface area contributed by atoms with Crippen molar-refractivity contribution in [2.24, 2.45) is 0 Å². The van der Waals surface area contributed by atoms with Crippen molar-refractivity contribution in [2.45, 2.75) is 45.3 Å². The van der Waals surface area contributed by atoms with Crippen LogP contribution in [-0.2, 0) is 27.5 Å². The van der Waals surface area contributed by atoms with E-state index in [1.165, 1.54) is 0 Å². The van der Waals surface area contributed by atoms with E-state index >= 15 is 0 Å². The van der Waals surface area contributed by atoms with Crippen LogP contribution in [0.4, 0.5) is 5.69 Å². The third kappa shape index (κ3) is 4.67. The van der Waals surface area contributed by atoms with Crippen LogP contribution in [0.5, 0.6) is 0 Å². The maximum absolute atomic E-state index is 12.9. The van der Waals surface area contributed by atoms with E-state index in [1.54, 1.807) is 17.0 Å². The second-order valence-electron chi connectivity index (χ2n) is 8.26. The van der Waals surface area contributed by atoms with Gasteiger partial charge in [-0.15, -0.1) is 0 Å². The van der Waals surface area contributed by atoms with E-state index in [4.69, 9.17) is 11.6 Å². The zero-order valence-corrected chi connectivity index (χ0v) is 18.5. The summed E-state index contributed by atoms with van der Waals surface area (Å²) in [5, 5.41) is 6.50. The molecule has 2 N–H and O–H groups in total. The average molecular weight is 454 g/mol. The highest BCUT2D eigenvalue weighted by molar-refractivity contribution is 6.31. The SMILES string of the molecule is Cc1ccc(NCC(=O)NCc2ccc3c(c2)C(=O)N(C2CCC(=O)CC2=O)C3)cc1Cl. The molecule has 2 amide bonds. The lowest BCUT2D eigenvalue weighted by Gasteiger charge is -2.29. The van der Waals surface area contributed by atoms with Crippen LogP contribution in [0.2, 0.25) is 5.02 Å². The van der Waals surface area contributed by atoms with Gasteiger partial charge in [0.2, 0.25) is 5.91 Å². The highest BCUT2D eigenvalue weighted by Gasteiger charge is 2.38. The van der Waals surface area contributed by atoms with Crippen LogP contribution >= 0.6 is 11.6 Å². The Morgan fingerprint density at radius 2 is 1.97 bits per heavy atom. The van der Waals surface area contributed by atoms with Gasteiger partial charge in [0.25, 0.3) is 5.91 Å². The molecule has 1 aliphatic heterocycles. The van der Waals surface area contributed by atoms with E-state index in [0.717, 1.165) is 22.4 Å². The molecule has 0 spiro atoms. The first-order valence-electron chi connectivity index (χ1n) is 10.6. The smallest absolute Gasteiger partial charge is 0.255 e. The van der Waals surface area contributed by atoms with Crippen molar-refractivity contribution in [3.05, 3.63) is 63.7 Å². The Hall–Kier alpha value is -3.19. The molecule has 1 saturated carbocycles. The Kier molecular flexibility index (Phi) is 6.28. The van der Waals surface area contributed by atoms with Crippen molar-refractivity contribution in [2.75, 3.05) is 11.9 Å². The van der Waals surface area contributed by atoms with Crippen LogP contribution < -0.4 is 10.6 Å². The number of nitrogens with zero attached hydrogens (tertiary/aromatic N) is 1. The van der Waals surface area contributed by atoms with Gasteiger partial charge in [0.05, 0.1) is 19.0 Å².